The van der Waals surface area contributed by atoms with E-state index in [0.29, 0.717) is 18.8 Å². The molecule has 1 N–H and O–H groups in total. The Hall–Kier alpha value is -1.62. The zero-order chi connectivity index (χ0) is 13.5. The van der Waals surface area contributed by atoms with Crippen molar-refractivity contribution in [2.75, 3.05) is 32.6 Å². The third-order valence-corrected chi connectivity index (χ3v) is 2.38. The molecule has 0 bridgehead atoms. The molecule has 0 aliphatic heterocycles. The normalized spacial score (nSPS) is 12.0. The van der Waals surface area contributed by atoms with E-state index >= 15 is 0 Å². The minimum Gasteiger partial charge on any atom is -0.380 e. The van der Waals surface area contributed by atoms with E-state index in [-0.39, 0.29) is 11.9 Å². The summed E-state index contributed by atoms with van der Waals surface area (Å²) in [6, 6.07) is 3.76. The van der Waals surface area contributed by atoms with Gasteiger partial charge in [0.15, 0.2) is 0 Å². The highest BCUT2D eigenvalue weighted by atomic mass is 16.5. The van der Waals surface area contributed by atoms with E-state index in [1.165, 1.54) is 4.90 Å². The van der Waals surface area contributed by atoms with Gasteiger partial charge < -0.3 is 15.0 Å². The molecule has 5 heteroatoms. The van der Waals surface area contributed by atoms with Crippen LogP contribution in [0.2, 0.25) is 0 Å². The van der Waals surface area contributed by atoms with Crippen molar-refractivity contribution in [2.45, 2.75) is 19.9 Å². The second-order valence-electron chi connectivity index (χ2n) is 4.34. The zero-order valence-corrected chi connectivity index (χ0v) is 11.4. The number of carbonyl (C=O) groups excluding carboxylic acids is 1. The first-order valence-corrected chi connectivity index (χ1v) is 6.06. The lowest BCUT2D eigenvalue weighted by atomic mass is 10.2. The summed E-state index contributed by atoms with van der Waals surface area (Å²) in [5, 5.41) is 3.21. The number of rotatable bonds is 6. The molecule has 18 heavy (non-hydrogen) atoms. The summed E-state index contributed by atoms with van der Waals surface area (Å²) in [6.45, 7) is 5.33. The third kappa shape index (κ3) is 4.33. The smallest absolute Gasteiger partial charge is 0.254 e. The Labute approximate surface area is 108 Å². The fraction of sp³-hybridized carbons (Fsp3) is 0.538. The highest BCUT2D eigenvalue weighted by molar-refractivity contribution is 5.93. The molecule has 5 nitrogen and oxygen atoms in total. The van der Waals surface area contributed by atoms with Gasteiger partial charge in [-0.05, 0) is 26.0 Å². The Morgan fingerprint density at radius 1 is 1.50 bits per heavy atom. The van der Waals surface area contributed by atoms with Crippen molar-refractivity contribution in [2.24, 2.45) is 0 Å². The van der Waals surface area contributed by atoms with E-state index in [4.69, 9.17) is 4.74 Å². The van der Waals surface area contributed by atoms with Crippen molar-refractivity contribution < 1.29 is 9.53 Å². The van der Waals surface area contributed by atoms with E-state index in [9.17, 15) is 4.79 Å². The molecule has 0 aliphatic carbocycles. The first kappa shape index (κ1) is 14.4. The fourth-order valence-electron chi connectivity index (χ4n) is 1.45. The number of hydrogen-bond acceptors (Lipinski definition) is 4. The lowest BCUT2D eigenvalue weighted by Crippen LogP contribution is -2.23. The molecule has 0 radical (unpaired) electrons. The van der Waals surface area contributed by atoms with Gasteiger partial charge in [-0.2, -0.15) is 0 Å². The van der Waals surface area contributed by atoms with E-state index in [2.05, 4.69) is 10.3 Å². The average molecular weight is 251 g/mol. The highest BCUT2D eigenvalue weighted by Gasteiger charge is 2.08. The Balaban J connectivity index is 2.57. The minimum atomic E-state index is -0.0450. The van der Waals surface area contributed by atoms with Crippen molar-refractivity contribution >= 4 is 11.7 Å². The second kappa shape index (κ2) is 6.96. The van der Waals surface area contributed by atoms with E-state index in [0.717, 1.165) is 5.82 Å². The van der Waals surface area contributed by atoms with Crippen LogP contribution in [0.5, 0.6) is 0 Å². The molecule has 1 rings (SSSR count). The first-order valence-electron chi connectivity index (χ1n) is 6.06. The molecule has 100 valence electrons. The molecule has 0 saturated carbocycles. The van der Waals surface area contributed by atoms with E-state index in [1.807, 2.05) is 13.8 Å². The number of nitrogens with zero attached hydrogens (tertiary/aromatic N) is 2. The summed E-state index contributed by atoms with van der Waals surface area (Å²) >= 11 is 0. The van der Waals surface area contributed by atoms with Crippen molar-refractivity contribution in [3.05, 3.63) is 23.9 Å². The molecule has 0 spiro atoms. The Kier molecular flexibility index (Phi) is 5.58. The van der Waals surface area contributed by atoms with Gasteiger partial charge in [-0.1, -0.05) is 0 Å². The van der Waals surface area contributed by atoms with Gasteiger partial charge in [-0.3, -0.25) is 4.79 Å². The minimum absolute atomic E-state index is 0.0450. The maximum Gasteiger partial charge on any atom is 0.254 e. The van der Waals surface area contributed by atoms with Gasteiger partial charge in [-0.25, -0.2) is 4.98 Å². The first-order chi connectivity index (χ1) is 8.54. The molecule has 1 unspecified atom stereocenters. The number of ether oxygens (including phenoxy) is 1. The Bertz CT molecular complexity index is 376. The molecular weight excluding hydrogens is 230 g/mol. The van der Waals surface area contributed by atoms with Crippen molar-refractivity contribution in [3.8, 4) is 0 Å². The van der Waals surface area contributed by atoms with Gasteiger partial charge in [0.25, 0.3) is 5.91 Å². The lowest BCUT2D eigenvalue weighted by Gasteiger charge is -2.15. The summed E-state index contributed by atoms with van der Waals surface area (Å²) in [6.07, 6.45) is 1.58. The molecule has 0 saturated heterocycles. The quantitative estimate of drug-likeness (QED) is 0.834. The Morgan fingerprint density at radius 3 is 2.72 bits per heavy atom. The van der Waals surface area contributed by atoms with Crippen LogP contribution in [0.3, 0.4) is 0 Å². The second-order valence-corrected chi connectivity index (χ2v) is 4.34. The lowest BCUT2D eigenvalue weighted by molar-refractivity contribution is 0.0827. The van der Waals surface area contributed by atoms with Crippen molar-refractivity contribution in [3.63, 3.8) is 0 Å². The number of anilines is 1. The molecular formula is C13H21N3O2. The van der Waals surface area contributed by atoms with Crippen LogP contribution in [-0.2, 0) is 4.74 Å². The van der Waals surface area contributed by atoms with Crippen LogP contribution in [0.25, 0.3) is 0 Å². The van der Waals surface area contributed by atoms with Crippen LogP contribution in [0.15, 0.2) is 18.3 Å². The maximum atomic E-state index is 11.7. The van der Waals surface area contributed by atoms with Gasteiger partial charge >= 0.3 is 0 Å². The average Bonchev–Trinajstić information content (AvgIpc) is 2.36. The van der Waals surface area contributed by atoms with Crippen LogP contribution >= 0.6 is 0 Å². The molecule has 1 atom stereocenters. The van der Waals surface area contributed by atoms with Crippen LogP contribution in [0, 0.1) is 0 Å². The van der Waals surface area contributed by atoms with Gasteiger partial charge in [0.05, 0.1) is 12.2 Å². The van der Waals surface area contributed by atoms with Gasteiger partial charge in [0, 0.05) is 32.9 Å². The van der Waals surface area contributed by atoms with E-state index in [1.54, 1.807) is 32.4 Å². The Morgan fingerprint density at radius 2 is 2.22 bits per heavy atom. The topological polar surface area (TPSA) is 54.5 Å². The summed E-state index contributed by atoms with van der Waals surface area (Å²) in [4.78, 5) is 17.4. The molecule has 0 fully saturated rings. The molecule has 0 aromatic carbocycles. The molecule has 1 aromatic rings. The summed E-state index contributed by atoms with van der Waals surface area (Å²) < 4.78 is 5.31. The van der Waals surface area contributed by atoms with Crippen LogP contribution in [0.1, 0.15) is 24.2 Å². The molecule has 0 aliphatic rings. The van der Waals surface area contributed by atoms with Crippen LogP contribution in [0.4, 0.5) is 5.82 Å². The number of carbonyl (C=O) groups is 1. The SMILES string of the molecule is CCOCC(C)Nc1ccc(C(=O)N(C)C)cn1. The monoisotopic (exact) mass is 251 g/mol. The largest absolute Gasteiger partial charge is 0.380 e. The number of pyridine rings is 1. The number of amides is 1. The maximum absolute atomic E-state index is 11.7. The zero-order valence-electron chi connectivity index (χ0n) is 11.4. The predicted molar refractivity (Wildman–Crippen MR) is 71.8 cm³/mol. The van der Waals surface area contributed by atoms with Crippen molar-refractivity contribution in [1.82, 2.24) is 9.88 Å². The fourth-order valence-corrected chi connectivity index (χ4v) is 1.45. The summed E-state index contributed by atoms with van der Waals surface area (Å²) in [5.74, 6) is 0.703. The van der Waals surface area contributed by atoms with E-state index < -0.39 is 0 Å². The standard InChI is InChI=1S/C13H21N3O2/c1-5-18-9-10(2)15-12-7-6-11(8-14-12)13(17)16(3)4/h6-8,10H,5,9H2,1-4H3,(H,14,15). The van der Waals surface area contributed by atoms with Gasteiger partial charge in [-0.15, -0.1) is 0 Å². The molecule has 1 heterocycles. The molecule has 1 amide bonds. The third-order valence-electron chi connectivity index (χ3n) is 2.38. The van der Waals surface area contributed by atoms with Crippen LogP contribution in [-0.4, -0.2) is 49.1 Å². The molecule has 1 aromatic heterocycles. The van der Waals surface area contributed by atoms with Crippen LogP contribution < -0.4 is 5.32 Å². The summed E-state index contributed by atoms with van der Waals surface area (Å²) in [5.41, 5.74) is 0.586. The van der Waals surface area contributed by atoms with Gasteiger partial charge in [0.2, 0.25) is 0 Å². The highest BCUT2D eigenvalue weighted by Crippen LogP contribution is 2.08. The predicted octanol–water partition coefficient (Wildman–Crippen LogP) is 1.62. The van der Waals surface area contributed by atoms with Crippen molar-refractivity contribution in [1.29, 1.82) is 0 Å². The number of nitrogens with one attached hydrogen (secondary N) is 1. The van der Waals surface area contributed by atoms with Gasteiger partial charge in [0.1, 0.15) is 5.82 Å². The number of aromatic nitrogens is 1. The summed E-state index contributed by atoms with van der Waals surface area (Å²) in [7, 11) is 3.44. The number of hydrogen-bond donors (Lipinski definition) is 1.